The van der Waals surface area contributed by atoms with Crippen molar-refractivity contribution in [3.8, 4) is 0 Å². The summed E-state index contributed by atoms with van der Waals surface area (Å²) in [5, 5.41) is 0. The van der Waals surface area contributed by atoms with Crippen LogP contribution < -0.4 is 0 Å². The third-order valence-corrected chi connectivity index (χ3v) is 3.95. The van der Waals surface area contributed by atoms with Gasteiger partial charge in [0.05, 0.1) is 0 Å². The fourth-order valence-electron chi connectivity index (χ4n) is 2.92. The molecule has 0 aliphatic heterocycles. The molecule has 0 bridgehead atoms. The zero-order valence-corrected chi connectivity index (χ0v) is 10.5. The molecule has 15 heavy (non-hydrogen) atoms. The summed E-state index contributed by atoms with van der Waals surface area (Å²) in [6, 6.07) is 8.64. The number of hydrogen-bond acceptors (Lipinski definition) is 0. The summed E-state index contributed by atoms with van der Waals surface area (Å²) >= 11 is 6.00. The molecule has 0 aromatic heterocycles. The van der Waals surface area contributed by atoms with Gasteiger partial charge in [-0.3, -0.25) is 0 Å². The zero-order valence-electron chi connectivity index (χ0n) is 9.76. The van der Waals surface area contributed by atoms with Crippen molar-refractivity contribution in [1.29, 1.82) is 0 Å². The molecule has 0 N–H and O–H groups in total. The van der Waals surface area contributed by atoms with E-state index in [-0.39, 0.29) is 10.8 Å². The molecule has 0 atom stereocenters. The first-order chi connectivity index (χ1) is 6.92. The van der Waals surface area contributed by atoms with Gasteiger partial charge in [0.15, 0.2) is 0 Å². The molecule has 0 spiro atoms. The topological polar surface area (TPSA) is 0 Å². The smallest absolute Gasteiger partial charge is 0.0129 e. The maximum atomic E-state index is 6.00. The molecule has 1 aromatic carbocycles. The molecule has 0 amide bonds. The van der Waals surface area contributed by atoms with E-state index < -0.39 is 0 Å². The summed E-state index contributed by atoms with van der Waals surface area (Å²) in [5.74, 6) is 0. The first-order valence-electron chi connectivity index (χ1n) is 5.33. The molecule has 1 aliphatic rings. The van der Waals surface area contributed by atoms with Gasteiger partial charge in [0.25, 0.3) is 0 Å². The molecule has 1 aliphatic carbocycles. The molecule has 0 radical (unpaired) electrons. The standard InChI is InChI=1S/C14H17Cl/c1-13(2)10-7-5-6-8-11(10)14(3,4)12(13)9-15/h5-9H,1-4H3. The van der Waals surface area contributed by atoms with E-state index in [9.17, 15) is 0 Å². The molecule has 1 aromatic rings. The Labute approximate surface area is 97.0 Å². The quantitative estimate of drug-likeness (QED) is 0.609. The lowest BCUT2D eigenvalue weighted by Crippen LogP contribution is -2.22. The minimum Gasteiger partial charge on any atom is -0.0929 e. The van der Waals surface area contributed by atoms with Gasteiger partial charge >= 0.3 is 0 Å². The largest absolute Gasteiger partial charge is 0.0929 e. The maximum absolute atomic E-state index is 6.00. The second kappa shape index (κ2) is 3.12. The summed E-state index contributed by atoms with van der Waals surface area (Å²) in [5.41, 5.74) is 5.99. The predicted octanol–water partition coefficient (Wildman–Crippen LogP) is 4.38. The summed E-state index contributed by atoms with van der Waals surface area (Å²) in [7, 11) is 0. The first kappa shape index (κ1) is 10.8. The Kier molecular flexibility index (Phi) is 2.24. The second-order valence-corrected chi connectivity index (χ2v) is 5.54. The van der Waals surface area contributed by atoms with E-state index in [4.69, 9.17) is 11.6 Å². The van der Waals surface area contributed by atoms with Crippen molar-refractivity contribution in [1.82, 2.24) is 0 Å². The van der Waals surface area contributed by atoms with Crippen LogP contribution in [0.4, 0.5) is 0 Å². The van der Waals surface area contributed by atoms with Crippen molar-refractivity contribution in [2.75, 3.05) is 0 Å². The van der Waals surface area contributed by atoms with Gasteiger partial charge in [-0.15, -0.1) is 0 Å². The van der Waals surface area contributed by atoms with Gasteiger partial charge in [0.1, 0.15) is 0 Å². The van der Waals surface area contributed by atoms with E-state index in [1.807, 2.05) is 0 Å². The molecule has 0 unspecified atom stereocenters. The van der Waals surface area contributed by atoms with Gasteiger partial charge in [0, 0.05) is 16.4 Å². The van der Waals surface area contributed by atoms with Crippen LogP contribution in [0.15, 0.2) is 35.4 Å². The highest BCUT2D eigenvalue weighted by Crippen LogP contribution is 2.53. The van der Waals surface area contributed by atoms with E-state index in [1.54, 1.807) is 5.54 Å². The number of rotatable bonds is 0. The normalized spacial score (nSPS) is 21.3. The number of fused-ring (bicyclic) bond motifs is 1. The molecular weight excluding hydrogens is 204 g/mol. The molecule has 0 fully saturated rings. The Morgan fingerprint density at radius 1 is 0.933 bits per heavy atom. The SMILES string of the molecule is CC1(C)C(=CCl)C(C)(C)c2ccccc21. The number of allylic oxidation sites excluding steroid dienone is 1. The van der Waals surface area contributed by atoms with Crippen LogP contribution in [-0.4, -0.2) is 0 Å². The van der Waals surface area contributed by atoms with E-state index in [0.717, 1.165) is 0 Å². The summed E-state index contributed by atoms with van der Waals surface area (Å²) < 4.78 is 0. The van der Waals surface area contributed by atoms with Crippen LogP contribution in [0.3, 0.4) is 0 Å². The summed E-state index contributed by atoms with van der Waals surface area (Å²) in [6.07, 6.45) is 0. The Morgan fingerprint density at radius 2 is 1.33 bits per heavy atom. The van der Waals surface area contributed by atoms with Crippen molar-refractivity contribution in [2.45, 2.75) is 38.5 Å². The Balaban J connectivity index is 2.77. The average Bonchev–Trinajstić information content (AvgIpc) is 2.32. The van der Waals surface area contributed by atoms with Gasteiger partial charge in [-0.25, -0.2) is 0 Å². The van der Waals surface area contributed by atoms with Gasteiger partial charge in [-0.2, -0.15) is 0 Å². The van der Waals surface area contributed by atoms with E-state index in [2.05, 4.69) is 52.0 Å². The van der Waals surface area contributed by atoms with Crippen LogP contribution >= 0.6 is 11.6 Å². The average molecular weight is 221 g/mol. The predicted molar refractivity (Wildman–Crippen MR) is 66.4 cm³/mol. The highest BCUT2D eigenvalue weighted by molar-refractivity contribution is 6.26. The Morgan fingerprint density at radius 3 is 1.67 bits per heavy atom. The molecular formula is C14H17Cl. The van der Waals surface area contributed by atoms with Crippen molar-refractivity contribution >= 4 is 11.6 Å². The van der Waals surface area contributed by atoms with Crippen LogP contribution in [0, 0.1) is 0 Å². The minimum absolute atomic E-state index is 0.0574. The van der Waals surface area contributed by atoms with Crippen molar-refractivity contribution in [3.63, 3.8) is 0 Å². The maximum Gasteiger partial charge on any atom is 0.0129 e. The molecule has 0 nitrogen and oxygen atoms in total. The van der Waals surface area contributed by atoms with Crippen molar-refractivity contribution in [3.05, 3.63) is 46.5 Å². The molecule has 0 saturated carbocycles. The number of hydrogen-bond donors (Lipinski definition) is 0. The molecule has 80 valence electrons. The monoisotopic (exact) mass is 220 g/mol. The molecule has 2 rings (SSSR count). The highest BCUT2D eigenvalue weighted by atomic mass is 35.5. The fourth-order valence-corrected chi connectivity index (χ4v) is 3.46. The lowest BCUT2D eigenvalue weighted by Gasteiger charge is -2.27. The first-order valence-corrected chi connectivity index (χ1v) is 5.77. The third-order valence-electron chi connectivity index (χ3n) is 3.73. The van der Waals surface area contributed by atoms with Gasteiger partial charge in [0.2, 0.25) is 0 Å². The van der Waals surface area contributed by atoms with Crippen LogP contribution in [0.5, 0.6) is 0 Å². The molecule has 0 heterocycles. The van der Waals surface area contributed by atoms with Crippen molar-refractivity contribution < 1.29 is 0 Å². The van der Waals surface area contributed by atoms with Gasteiger partial charge in [-0.05, 0) is 16.7 Å². The van der Waals surface area contributed by atoms with Gasteiger partial charge in [-0.1, -0.05) is 63.6 Å². The highest BCUT2D eigenvalue weighted by Gasteiger charge is 2.45. The van der Waals surface area contributed by atoms with Crippen LogP contribution in [-0.2, 0) is 10.8 Å². The summed E-state index contributed by atoms with van der Waals surface area (Å²) in [6.45, 7) is 8.98. The lowest BCUT2D eigenvalue weighted by atomic mass is 9.77. The van der Waals surface area contributed by atoms with Crippen molar-refractivity contribution in [2.24, 2.45) is 0 Å². The fraction of sp³-hybridized carbons (Fsp3) is 0.429. The van der Waals surface area contributed by atoms with Crippen LogP contribution in [0.25, 0.3) is 0 Å². The van der Waals surface area contributed by atoms with E-state index in [0.29, 0.717) is 0 Å². The molecule has 0 saturated heterocycles. The van der Waals surface area contributed by atoms with Crippen LogP contribution in [0.1, 0.15) is 38.8 Å². The number of benzene rings is 1. The van der Waals surface area contributed by atoms with Crippen LogP contribution in [0.2, 0.25) is 0 Å². The third kappa shape index (κ3) is 1.28. The van der Waals surface area contributed by atoms with E-state index in [1.165, 1.54) is 16.7 Å². The van der Waals surface area contributed by atoms with Gasteiger partial charge < -0.3 is 0 Å². The van der Waals surface area contributed by atoms with E-state index >= 15 is 0 Å². The summed E-state index contributed by atoms with van der Waals surface area (Å²) in [4.78, 5) is 0. The Bertz CT molecular complexity index is 388. The zero-order chi connectivity index (χ0) is 11.3. The Hall–Kier alpha value is -0.750. The molecule has 1 heteroatoms. The second-order valence-electron chi connectivity index (χ2n) is 5.32. The lowest BCUT2D eigenvalue weighted by molar-refractivity contribution is 0.551. The number of halogens is 1. The minimum atomic E-state index is 0.0574.